The summed E-state index contributed by atoms with van der Waals surface area (Å²) in [6, 6.07) is 0. The molecule has 78 valence electrons. The molecule has 0 aliphatic carbocycles. The molecule has 1 aliphatic heterocycles. The Balaban J connectivity index is 2.30. The van der Waals surface area contributed by atoms with Crippen molar-refractivity contribution in [2.75, 3.05) is 6.54 Å². The van der Waals surface area contributed by atoms with Crippen molar-refractivity contribution in [3.8, 4) is 0 Å². The lowest BCUT2D eigenvalue weighted by molar-refractivity contribution is 0.608. The van der Waals surface area contributed by atoms with Gasteiger partial charge in [0.15, 0.2) is 0 Å². The molecule has 3 heteroatoms. The number of nitrogens with zero attached hydrogens (tertiary/aromatic N) is 2. The molecule has 3 nitrogen and oxygen atoms in total. The van der Waals surface area contributed by atoms with Gasteiger partial charge in [0.2, 0.25) is 0 Å². The summed E-state index contributed by atoms with van der Waals surface area (Å²) in [7, 11) is 0. The number of aryl methyl sites for hydroxylation is 1. The van der Waals surface area contributed by atoms with Crippen molar-refractivity contribution >= 4 is 0 Å². The molecule has 0 bridgehead atoms. The van der Waals surface area contributed by atoms with Gasteiger partial charge in [0.05, 0.1) is 12.0 Å². The van der Waals surface area contributed by atoms with Crippen molar-refractivity contribution in [3.05, 3.63) is 17.7 Å². The van der Waals surface area contributed by atoms with Gasteiger partial charge in [0, 0.05) is 18.2 Å². The van der Waals surface area contributed by atoms with Crippen LogP contribution in [0.4, 0.5) is 0 Å². The van der Waals surface area contributed by atoms with E-state index in [1.165, 1.54) is 17.8 Å². The van der Waals surface area contributed by atoms with Crippen LogP contribution in [0.25, 0.3) is 0 Å². The number of hydrogen-bond donors (Lipinski definition) is 1. The fourth-order valence-corrected chi connectivity index (χ4v) is 2.39. The van der Waals surface area contributed by atoms with Gasteiger partial charge in [0.25, 0.3) is 0 Å². The predicted octanol–water partition coefficient (Wildman–Crippen LogP) is 1.84. The molecule has 14 heavy (non-hydrogen) atoms. The largest absolute Gasteiger partial charge is 0.334 e. The van der Waals surface area contributed by atoms with Crippen LogP contribution >= 0.6 is 0 Å². The van der Waals surface area contributed by atoms with Crippen LogP contribution in [0, 0.1) is 0 Å². The minimum Gasteiger partial charge on any atom is -0.334 e. The van der Waals surface area contributed by atoms with Crippen molar-refractivity contribution in [3.63, 3.8) is 0 Å². The Morgan fingerprint density at radius 2 is 2.43 bits per heavy atom. The summed E-state index contributed by atoms with van der Waals surface area (Å²) in [6.45, 7) is 6.33. The molecule has 2 N–H and O–H groups in total. The lowest BCUT2D eigenvalue weighted by atomic mass is 9.95. The first-order valence-electron chi connectivity index (χ1n) is 5.49. The second-order valence-electron chi connectivity index (χ2n) is 4.43. The van der Waals surface area contributed by atoms with Gasteiger partial charge in [-0.15, -0.1) is 0 Å². The van der Waals surface area contributed by atoms with Gasteiger partial charge < -0.3 is 10.3 Å². The van der Waals surface area contributed by atoms with E-state index >= 15 is 0 Å². The minimum atomic E-state index is 0.532. The molecular formula is C11H19N3. The van der Waals surface area contributed by atoms with Gasteiger partial charge in [-0.3, -0.25) is 0 Å². The standard InChI is InChI=1S/C11H19N3/c1-8(2)10-11-9(3-5-12)4-6-14(11)7-13-10/h7-9H,3-6,12H2,1-2H3. The summed E-state index contributed by atoms with van der Waals surface area (Å²) >= 11 is 0. The molecule has 2 rings (SSSR count). The van der Waals surface area contributed by atoms with E-state index in [2.05, 4.69) is 23.4 Å². The van der Waals surface area contributed by atoms with E-state index in [1.807, 2.05) is 6.33 Å². The van der Waals surface area contributed by atoms with Crippen LogP contribution in [0.2, 0.25) is 0 Å². The number of rotatable bonds is 3. The number of imidazole rings is 1. The molecule has 0 fully saturated rings. The Labute approximate surface area is 85.3 Å². The Morgan fingerprint density at radius 3 is 3.07 bits per heavy atom. The maximum atomic E-state index is 5.63. The normalized spacial score (nSPS) is 20.4. The third-order valence-corrected chi connectivity index (χ3v) is 3.08. The first-order valence-corrected chi connectivity index (χ1v) is 5.49. The molecule has 1 unspecified atom stereocenters. The van der Waals surface area contributed by atoms with Gasteiger partial charge in [-0.25, -0.2) is 4.98 Å². The van der Waals surface area contributed by atoms with E-state index in [0.29, 0.717) is 11.8 Å². The van der Waals surface area contributed by atoms with Crippen LogP contribution in [0.3, 0.4) is 0 Å². The molecule has 0 saturated carbocycles. The fraction of sp³-hybridized carbons (Fsp3) is 0.727. The number of fused-ring (bicyclic) bond motifs is 1. The van der Waals surface area contributed by atoms with Crippen LogP contribution in [-0.2, 0) is 6.54 Å². The Bertz CT molecular complexity index is 314. The summed E-state index contributed by atoms with van der Waals surface area (Å²) in [6.07, 6.45) is 4.33. The fourth-order valence-electron chi connectivity index (χ4n) is 2.39. The van der Waals surface area contributed by atoms with Gasteiger partial charge in [-0.1, -0.05) is 13.8 Å². The minimum absolute atomic E-state index is 0.532. The average molecular weight is 193 g/mol. The summed E-state index contributed by atoms with van der Waals surface area (Å²) < 4.78 is 2.30. The van der Waals surface area contributed by atoms with Crippen LogP contribution in [0.15, 0.2) is 6.33 Å². The third kappa shape index (κ3) is 1.46. The zero-order valence-corrected chi connectivity index (χ0v) is 9.03. The first kappa shape index (κ1) is 9.71. The van der Waals surface area contributed by atoms with E-state index in [4.69, 9.17) is 5.73 Å². The molecule has 1 aliphatic rings. The maximum absolute atomic E-state index is 5.63. The summed E-state index contributed by atoms with van der Waals surface area (Å²) in [5, 5.41) is 0. The highest BCUT2D eigenvalue weighted by Crippen LogP contribution is 2.35. The van der Waals surface area contributed by atoms with Crippen LogP contribution in [0.1, 0.15) is 49.9 Å². The molecular weight excluding hydrogens is 174 g/mol. The molecule has 0 amide bonds. The number of nitrogens with two attached hydrogens (primary N) is 1. The van der Waals surface area contributed by atoms with E-state index in [0.717, 1.165) is 19.5 Å². The number of aromatic nitrogens is 2. The van der Waals surface area contributed by atoms with Crippen LogP contribution < -0.4 is 5.73 Å². The lowest BCUT2D eigenvalue weighted by Crippen LogP contribution is -2.07. The second kappa shape index (κ2) is 3.73. The third-order valence-electron chi connectivity index (χ3n) is 3.08. The zero-order valence-electron chi connectivity index (χ0n) is 9.03. The van der Waals surface area contributed by atoms with Gasteiger partial charge in [-0.2, -0.15) is 0 Å². The number of hydrogen-bond acceptors (Lipinski definition) is 2. The van der Waals surface area contributed by atoms with Crippen molar-refractivity contribution < 1.29 is 0 Å². The summed E-state index contributed by atoms with van der Waals surface area (Å²) in [4.78, 5) is 4.49. The molecule has 0 spiro atoms. The molecule has 0 radical (unpaired) electrons. The van der Waals surface area contributed by atoms with Gasteiger partial charge >= 0.3 is 0 Å². The smallest absolute Gasteiger partial charge is 0.0951 e. The highest BCUT2D eigenvalue weighted by molar-refractivity contribution is 5.24. The highest BCUT2D eigenvalue weighted by Gasteiger charge is 2.26. The van der Waals surface area contributed by atoms with Crippen molar-refractivity contribution in [2.45, 2.75) is 45.1 Å². The lowest BCUT2D eigenvalue weighted by Gasteiger charge is -2.11. The Kier molecular flexibility index (Phi) is 2.59. The molecule has 0 saturated heterocycles. The van der Waals surface area contributed by atoms with Crippen molar-refractivity contribution in [1.82, 2.24) is 9.55 Å². The monoisotopic (exact) mass is 193 g/mol. The molecule has 2 heterocycles. The van der Waals surface area contributed by atoms with E-state index in [9.17, 15) is 0 Å². The van der Waals surface area contributed by atoms with E-state index in [1.54, 1.807) is 0 Å². The first-order chi connectivity index (χ1) is 6.74. The van der Waals surface area contributed by atoms with Gasteiger partial charge in [0.1, 0.15) is 0 Å². The topological polar surface area (TPSA) is 43.8 Å². The summed E-state index contributed by atoms with van der Waals surface area (Å²) in [5.74, 6) is 1.18. The molecule has 0 aromatic carbocycles. The quantitative estimate of drug-likeness (QED) is 0.796. The highest BCUT2D eigenvalue weighted by atomic mass is 15.1. The Hall–Kier alpha value is -0.830. The molecule has 1 aromatic heterocycles. The van der Waals surface area contributed by atoms with E-state index < -0.39 is 0 Å². The molecule has 1 atom stereocenters. The van der Waals surface area contributed by atoms with Crippen molar-refractivity contribution in [1.29, 1.82) is 0 Å². The summed E-state index contributed by atoms with van der Waals surface area (Å²) in [5.41, 5.74) is 8.36. The van der Waals surface area contributed by atoms with Crippen molar-refractivity contribution in [2.24, 2.45) is 5.73 Å². The van der Waals surface area contributed by atoms with Gasteiger partial charge in [-0.05, 0) is 25.3 Å². The average Bonchev–Trinajstić information content (AvgIpc) is 2.67. The second-order valence-corrected chi connectivity index (χ2v) is 4.43. The maximum Gasteiger partial charge on any atom is 0.0951 e. The Morgan fingerprint density at radius 1 is 1.64 bits per heavy atom. The van der Waals surface area contributed by atoms with Crippen LogP contribution in [-0.4, -0.2) is 16.1 Å². The van der Waals surface area contributed by atoms with Crippen LogP contribution in [0.5, 0.6) is 0 Å². The van der Waals surface area contributed by atoms with E-state index in [-0.39, 0.29) is 0 Å². The SMILES string of the molecule is CC(C)c1ncn2c1C(CCN)CC2. The zero-order chi connectivity index (χ0) is 10.1. The predicted molar refractivity (Wildman–Crippen MR) is 57.3 cm³/mol. The molecule has 1 aromatic rings.